The molecule has 1 amide bonds. The van der Waals surface area contributed by atoms with Gasteiger partial charge in [-0.1, -0.05) is 30.3 Å². The van der Waals surface area contributed by atoms with Crippen molar-refractivity contribution in [1.29, 1.82) is 0 Å². The smallest absolute Gasteiger partial charge is 0.220 e. The molecule has 0 atom stereocenters. The first-order valence-electron chi connectivity index (χ1n) is 6.93. The molecule has 0 aliphatic carbocycles. The standard InChI is InChI=1S/C15H22N2O2/c18-15(9-14-10-16-11-14)17-7-4-8-19-12-13-5-2-1-3-6-13/h1-3,5-6,14,16H,4,7-12H2,(H,17,18). The van der Waals surface area contributed by atoms with Crippen molar-refractivity contribution in [3.8, 4) is 0 Å². The zero-order valence-corrected chi connectivity index (χ0v) is 11.2. The highest BCUT2D eigenvalue weighted by molar-refractivity contribution is 5.76. The summed E-state index contributed by atoms with van der Waals surface area (Å²) in [7, 11) is 0. The lowest BCUT2D eigenvalue weighted by atomic mass is 9.99. The summed E-state index contributed by atoms with van der Waals surface area (Å²) in [5.74, 6) is 0.698. The van der Waals surface area contributed by atoms with Gasteiger partial charge in [0.15, 0.2) is 0 Å². The van der Waals surface area contributed by atoms with Crippen molar-refractivity contribution >= 4 is 5.91 Å². The fourth-order valence-electron chi connectivity index (χ4n) is 1.99. The molecule has 4 heteroatoms. The van der Waals surface area contributed by atoms with Crippen LogP contribution >= 0.6 is 0 Å². The van der Waals surface area contributed by atoms with Crippen molar-refractivity contribution in [2.75, 3.05) is 26.2 Å². The summed E-state index contributed by atoms with van der Waals surface area (Å²) < 4.78 is 5.55. The number of ether oxygens (including phenoxy) is 1. The number of rotatable bonds is 8. The molecule has 104 valence electrons. The van der Waals surface area contributed by atoms with Gasteiger partial charge in [0.1, 0.15) is 0 Å². The molecule has 1 saturated heterocycles. The van der Waals surface area contributed by atoms with E-state index >= 15 is 0 Å². The third kappa shape index (κ3) is 5.41. The van der Waals surface area contributed by atoms with E-state index in [-0.39, 0.29) is 5.91 Å². The second kappa shape index (κ2) is 7.92. The Morgan fingerprint density at radius 1 is 1.32 bits per heavy atom. The molecule has 0 spiro atoms. The van der Waals surface area contributed by atoms with Crippen molar-refractivity contribution in [2.45, 2.75) is 19.4 Å². The predicted octanol–water partition coefficient (Wildman–Crippen LogP) is 1.32. The highest BCUT2D eigenvalue weighted by Crippen LogP contribution is 2.07. The van der Waals surface area contributed by atoms with Gasteiger partial charge < -0.3 is 15.4 Å². The zero-order chi connectivity index (χ0) is 13.3. The molecule has 0 aromatic heterocycles. The van der Waals surface area contributed by atoms with Crippen LogP contribution in [0.2, 0.25) is 0 Å². The van der Waals surface area contributed by atoms with Crippen LogP contribution in [0.3, 0.4) is 0 Å². The third-order valence-electron chi connectivity index (χ3n) is 3.24. The molecule has 0 unspecified atom stereocenters. The van der Waals surface area contributed by atoms with Gasteiger partial charge >= 0.3 is 0 Å². The first-order valence-corrected chi connectivity index (χ1v) is 6.93. The fourth-order valence-corrected chi connectivity index (χ4v) is 1.99. The summed E-state index contributed by atoms with van der Waals surface area (Å²) in [5, 5.41) is 6.10. The van der Waals surface area contributed by atoms with Crippen molar-refractivity contribution in [3.63, 3.8) is 0 Å². The molecular weight excluding hydrogens is 240 g/mol. The van der Waals surface area contributed by atoms with Gasteiger partial charge in [-0.3, -0.25) is 4.79 Å². The van der Waals surface area contributed by atoms with Crippen LogP contribution in [0.4, 0.5) is 0 Å². The van der Waals surface area contributed by atoms with Crippen LogP contribution in [-0.2, 0) is 16.1 Å². The molecule has 0 radical (unpaired) electrons. The first-order chi connectivity index (χ1) is 9.34. The molecule has 2 N–H and O–H groups in total. The van der Waals surface area contributed by atoms with E-state index in [1.165, 1.54) is 5.56 Å². The lowest BCUT2D eigenvalue weighted by molar-refractivity contribution is -0.122. The number of amides is 1. The van der Waals surface area contributed by atoms with Crippen LogP contribution in [0.25, 0.3) is 0 Å². The highest BCUT2D eigenvalue weighted by atomic mass is 16.5. The van der Waals surface area contributed by atoms with Gasteiger partial charge in [-0.2, -0.15) is 0 Å². The van der Waals surface area contributed by atoms with Gasteiger partial charge in [-0.05, 0) is 31.0 Å². The molecule has 4 nitrogen and oxygen atoms in total. The molecule has 19 heavy (non-hydrogen) atoms. The number of benzene rings is 1. The normalized spacial score (nSPS) is 14.9. The number of nitrogens with one attached hydrogen (secondary N) is 2. The molecule has 1 aliphatic rings. The Kier molecular flexibility index (Phi) is 5.85. The number of carbonyl (C=O) groups is 1. The van der Waals surface area contributed by atoms with Crippen LogP contribution < -0.4 is 10.6 Å². The van der Waals surface area contributed by atoms with Crippen molar-refractivity contribution < 1.29 is 9.53 Å². The van der Waals surface area contributed by atoms with Crippen LogP contribution in [-0.4, -0.2) is 32.1 Å². The fraction of sp³-hybridized carbons (Fsp3) is 0.533. The Balaban J connectivity index is 1.44. The van der Waals surface area contributed by atoms with Crippen LogP contribution in [0, 0.1) is 5.92 Å². The maximum Gasteiger partial charge on any atom is 0.220 e. The lowest BCUT2D eigenvalue weighted by Gasteiger charge is -2.26. The average molecular weight is 262 g/mol. The van der Waals surface area contributed by atoms with Crippen molar-refractivity contribution in [2.24, 2.45) is 5.92 Å². The monoisotopic (exact) mass is 262 g/mol. The van der Waals surface area contributed by atoms with E-state index in [1.807, 2.05) is 18.2 Å². The van der Waals surface area contributed by atoms with Crippen LogP contribution in [0.5, 0.6) is 0 Å². The maximum atomic E-state index is 11.5. The lowest BCUT2D eigenvalue weighted by Crippen LogP contribution is -2.44. The second-order valence-electron chi connectivity index (χ2n) is 4.97. The number of hydrogen-bond acceptors (Lipinski definition) is 3. The minimum Gasteiger partial charge on any atom is -0.377 e. The highest BCUT2D eigenvalue weighted by Gasteiger charge is 2.19. The van der Waals surface area contributed by atoms with E-state index in [1.54, 1.807) is 0 Å². The minimum atomic E-state index is 0.162. The Labute approximate surface area is 114 Å². The molecule has 1 heterocycles. The van der Waals surface area contributed by atoms with E-state index in [0.717, 1.165) is 19.5 Å². The summed E-state index contributed by atoms with van der Waals surface area (Å²) >= 11 is 0. The number of carbonyl (C=O) groups excluding carboxylic acids is 1. The summed E-state index contributed by atoms with van der Waals surface area (Å²) in [5.41, 5.74) is 1.18. The summed E-state index contributed by atoms with van der Waals surface area (Å²) in [6.45, 7) is 3.98. The molecule has 1 aromatic carbocycles. The Morgan fingerprint density at radius 2 is 2.11 bits per heavy atom. The van der Waals surface area contributed by atoms with Crippen LogP contribution in [0.1, 0.15) is 18.4 Å². The van der Waals surface area contributed by atoms with Gasteiger partial charge in [0, 0.05) is 19.6 Å². The number of hydrogen-bond donors (Lipinski definition) is 2. The van der Waals surface area contributed by atoms with Gasteiger partial charge in [0.05, 0.1) is 6.61 Å². The van der Waals surface area contributed by atoms with Gasteiger partial charge in [0.2, 0.25) is 5.91 Å². The van der Waals surface area contributed by atoms with E-state index < -0.39 is 0 Å². The van der Waals surface area contributed by atoms with Crippen molar-refractivity contribution in [1.82, 2.24) is 10.6 Å². The second-order valence-corrected chi connectivity index (χ2v) is 4.97. The topological polar surface area (TPSA) is 50.4 Å². The minimum absolute atomic E-state index is 0.162. The van der Waals surface area contributed by atoms with E-state index in [4.69, 9.17) is 4.74 Å². The predicted molar refractivity (Wildman–Crippen MR) is 74.7 cm³/mol. The average Bonchev–Trinajstić information content (AvgIpc) is 2.39. The van der Waals surface area contributed by atoms with Gasteiger partial charge in [0.25, 0.3) is 0 Å². The Bertz CT molecular complexity index is 377. The van der Waals surface area contributed by atoms with E-state index in [2.05, 4.69) is 22.8 Å². The van der Waals surface area contributed by atoms with E-state index in [0.29, 0.717) is 32.1 Å². The molecule has 1 aromatic rings. The first kappa shape index (κ1) is 14.0. The quantitative estimate of drug-likeness (QED) is 0.695. The van der Waals surface area contributed by atoms with Gasteiger partial charge in [-0.25, -0.2) is 0 Å². The summed E-state index contributed by atoms with van der Waals surface area (Å²) in [4.78, 5) is 11.5. The molecule has 2 rings (SSSR count). The van der Waals surface area contributed by atoms with E-state index in [9.17, 15) is 4.79 Å². The summed E-state index contributed by atoms with van der Waals surface area (Å²) in [6.07, 6.45) is 1.51. The largest absolute Gasteiger partial charge is 0.377 e. The molecule has 0 bridgehead atoms. The molecule has 0 saturated carbocycles. The van der Waals surface area contributed by atoms with Crippen LogP contribution in [0.15, 0.2) is 30.3 Å². The Morgan fingerprint density at radius 3 is 2.79 bits per heavy atom. The molecule has 1 fully saturated rings. The maximum absolute atomic E-state index is 11.5. The third-order valence-corrected chi connectivity index (χ3v) is 3.24. The molecule has 1 aliphatic heterocycles. The molecular formula is C15H22N2O2. The SMILES string of the molecule is O=C(CC1CNC1)NCCCOCc1ccccc1. The Hall–Kier alpha value is -1.39. The van der Waals surface area contributed by atoms with Crippen molar-refractivity contribution in [3.05, 3.63) is 35.9 Å². The summed E-state index contributed by atoms with van der Waals surface area (Å²) in [6, 6.07) is 10.1. The van der Waals surface area contributed by atoms with Gasteiger partial charge in [-0.15, -0.1) is 0 Å². The zero-order valence-electron chi connectivity index (χ0n) is 11.2.